The summed E-state index contributed by atoms with van der Waals surface area (Å²) < 4.78 is 0. The summed E-state index contributed by atoms with van der Waals surface area (Å²) in [6.45, 7) is -0.372. The van der Waals surface area contributed by atoms with E-state index in [-0.39, 0.29) is 6.54 Å². The maximum absolute atomic E-state index is 12.4. The first-order chi connectivity index (χ1) is 13.1. The number of aryl methyl sites for hydroxylation is 1. The lowest BCUT2D eigenvalue weighted by Crippen LogP contribution is -2.38. The van der Waals surface area contributed by atoms with Gasteiger partial charge >= 0.3 is 6.03 Å². The average Bonchev–Trinajstić information content (AvgIpc) is 2.95. The van der Waals surface area contributed by atoms with Gasteiger partial charge in [0.1, 0.15) is 12.6 Å². The number of nitrogens with zero attached hydrogens (tertiary/aromatic N) is 2. The van der Waals surface area contributed by atoms with E-state index in [1.807, 2.05) is 36.4 Å². The zero-order valence-electron chi connectivity index (χ0n) is 14.5. The van der Waals surface area contributed by atoms with Crippen LogP contribution in [-0.2, 0) is 16.0 Å². The fourth-order valence-electron chi connectivity index (χ4n) is 2.89. The van der Waals surface area contributed by atoms with Gasteiger partial charge in [-0.15, -0.1) is 0 Å². The van der Waals surface area contributed by atoms with Gasteiger partial charge in [0.25, 0.3) is 5.91 Å². The average molecular weight is 362 g/mol. The van der Waals surface area contributed by atoms with Crippen LogP contribution >= 0.6 is 0 Å². The molecule has 2 N–H and O–H groups in total. The van der Waals surface area contributed by atoms with Crippen molar-refractivity contribution in [1.29, 1.82) is 5.26 Å². The third-order valence-electron chi connectivity index (χ3n) is 4.25. The smallest absolute Gasteiger partial charge is 0.325 e. The fraction of sp³-hybridized carbons (Fsp3) is 0.200. The van der Waals surface area contributed by atoms with Crippen LogP contribution in [0.1, 0.15) is 17.5 Å². The molecule has 1 aliphatic rings. The number of benzene rings is 2. The van der Waals surface area contributed by atoms with Crippen LogP contribution in [0.15, 0.2) is 54.6 Å². The second-order valence-electron chi connectivity index (χ2n) is 6.19. The molecule has 0 aromatic heterocycles. The number of imide groups is 1. The number of nitrogens with one attached hydrogen (secondary N) is 2. The zero-order chi connectivity index (χ0) is 19.2. The second kappa shape index (κ2) is 8.15. The highest BCUT2D eigenvalue weighted by Crippen LogP contribution is 2.14. The summed E-state index contributed by atoms with van der Waals surface area (Å²) in [4.78, 5) is 37.6. The first-order valence-electron chi connectivity index (χ1n) is 8.52. The van der Waals surface area contributed by atoms with Crippen LogP contribution in [0.25, 0.3) is 0 Å². The van der Waals surface area contributed by atoms with Gasteiger partial charge in [-0.25, -0.2) is 4.79 Å². The van der Waals surface area contributed by atoms with Crippen LogP contribution in [0.4, 0.5) is 10.5 Å². The molecule has 2 aromatic carbocycles. The minimum atomic E-state index is -0.632. The van der Waals surface area contributed by atoms with Crippen molar-refractivity contribution in [2.75, 3.05) is 11.9 Å². The molecule has 1 heterocycles. The van der Waals surface area contributed by atoms with Gasteiger partial charge in [-0.2, -0.15) is 5.26 Å². The number of carbonyl (C=O) groups excluding carboxylic acids is 3. The van der Waals surface area contributed by atoms with Crippen LogP contribution in [0.5, 0.6) is 0 Å². The van der Waals surface area contributed by atoms with Gasteiger partial charge in [0.2, 0.25) is 5.91 Å². The van der Waals surface area contributed by atoms with E-state index in [0.717, 1.165) is 10.5 Å². The molecule has 4 amide bonds. The molecule has 0 radical (unpaired) electrons. The number of anilines is 1. The predicted octanol–water partition coefficient (Wildman–Crippen LogP) is 2.05. The van der Waals surface area contributed by atoms with E-state index in [1.165, 1.54) is 6.07 Å². The van der Waals surface area contributed by atoms with E-state index in [4.69, 9.17) is 5.26 Å². The summed E-state index contributed by atoms with van der Waals surface area (Å²) in [5, 5.41) is 14.1. The third-order valence-corrected chi connectivity index (χ3v) is 4.25. The largest absolute Gasteiger partial charge is 0.326 e. The Morgan fingerprint density at radius 1 is 1.15 bits per heavy atom. The van der Waals surface area contributed by atoms with Gasteiger partial charge < -0.3 is 10.6 Å². The van der Waals surface area contributed by atoms with Crippen molar-refractivity contribution >= 4 is 23.5 Å². The van der Waals surface area contributed by atoms with E-state index in [1.54, 1.807) is 18.2 Å². The van der Waals surface area contributed by atoms with Crippen molar-refractivity contribution in [3.05, 3.63) is 65.7 Å². The van der Waals surface area contributed by atoms with Gasteiger partial charge in [-0.3, -0.25) is 14.5 Å². The van der Waals surface area contributed by atoms with E-state index in [9.17, 15) is 14.4 Å². The first-order valence-corrected chi connectivity index (χ1v) is 8.52. The normalized spacial score (nSPS) is 16.0. The van der Waals surface area contributed by atoms with Crippen molar-refractivity contribution in [1.82, 2.24) is 10.2 Å². The summed E-state index contributed by atoms with van der Waals surface area (Å²) in [5.74, 6) is -0.908. The molecule has 0 spiro atoms. The summed E-state index contributed by atoms with van der Waals surface area (Å²) in [5.41, 5.74) is 1.92. The maximum Gasteiger partial charge on any atom is 0.325 e. The quantitative estimate of drug-likeness (QED) is 0.768. The van der Waals surface area contributed by atoms with Crippen molar-refractivity contribution in [2.45, 2.75) is 18.9 Å². The van der Waals surface area contributed by atoms with Crippen molar-refractivity contribution < 1.29 is 14.4 Å². The summed E-state index contributed by atoms with van der Waals surface area (Å²) in [6.07, 6.45) is 1.12. The molecule has 7 nitrogen and oxygen atoms in total. The maximum atomic E-state index is 12.4. The highest BCUT2D eigenvalue weighted by molar-refractivity contribution is 6.07. The molecule has 27 heavy (non-hydrogen) atoms. The Bertz CT molecular complexity index is 905. The van der Waals surface area contributed by atoms with E-state index in [2.05, 4.69) is 10.6 Å². The molecule has 0 saturated carbocycles. The number of urea groups is 1. The molecule has 1 atom stereocenters. The van der Waals surface area contributed by atoms with E-state index >= 15 is 0 Å². The number of hydrogen-bond acceptors (Lipinski definition) is 4. The second-order valence-corrected chi connectivity index (χ2v) is 6.19. The first kappa shape index (κ1) is 18.1. The van der Waals surface area contributed by atoms with E-state index in [0.29, 0.717) is 24.1 Å². The van der Waals surface area contributed by atoms with Gasteiger partial charge in [0, 0.05) is 5.69 Å². The summed E-state index contributed by atoms with van der Waals surface area (Å²) in [6, 6.07) is 16.9. The third kappa shape index (κ3) is 4.50. The molecule has 7 heteroatoms. The fourth-order valence-corrected chi connectivity index (χ4v) is 2.89. The molecule has 1 unspecified atom stereocenters. The Balaban J connectivity index is 1.56. The molecule has 1 saturated heterocycles. The van der Waals surface area contributed by atoms with Gasteiger partial charge in [-0.1, -0.05) is 36.4 Å². The van der Waals surface area contributed by atoms with Crippen LogP contribution in [0.2, 0.25) is 0 Å². The standard InChI is InChI=1S/C20H18N4O3/c21-12-15-7-4-8-16(11-15)22-18(25)13-24-19(26)17(23-20(24)27)10-9-14-5-2-1-3-6-14/h1-8,11,17H,9-10,13H2,(H,22,25)(H,23,27). The molecular weight excluding hydrogens is 344 g/mol. The Morgan fingerprint density at radius 3 is 2.67 bits per heavy atom. The number of nitriles is 1. The number of carbonyl (C=O) groups is 3. The van der Waals surface area contributed by atoms with Crippen molar-refractivity contribution in [3.63, 3.8) is 0 Å². The Labute approximate surface area is 156 Å². The van der Waals surface area contributed by atoms with Crippen molar-refractivity contribution in [2.24, 2.45) is 0 Å². The predicted molar refractivity (Wildman–Crippen MR) is 98.6 cm³/mol. The monoisotopic (exact) mass is 362 g/mol. The number of amides is 4. The molecule has 3 rings (SSSR count). The molecule has 0 aliphatic carbocycles. The van der Waals surface area contributed by atoms with Gasteiger partial charge in [-0.05, 0) is 36.6 Å². The minimum absolute atomic E-state index is 0.372. The van der Waals surface area contributed by atoms with Crippen LogP contribution in [-0.4, -0.2) is 35.3 Å². The lowest BCUT2D eigenvalue weighted by atomic mass is 10.1. The molecule has 2 aromatic rings. The van der Waals surface area contributed by atoms with Crippen molar-refractivity contribution in [3.8, 4) is 6.07 Å². The van der Waals surface area contributed by atoms with Crippen LogP contribution in [0.3, 0.4) is 0 Å². The number of hydrogen-bond donors (Lipinski definition) is 2. The molecule has 1 aliphatic heterocycles. The Kier molecular flexibility index (Phi) is 5.47. The SMILES string of the molecule is N#Cc1cccc(NC(=O)CN2C(=O)NC(CCc3ccccc3)C2=O)c1. The summed E-state index contributed by atoms with van der Waals surface area (Å²) >= 11 is 0. The Hall–Kier alpha value is -3.66. The summed E-state index contributed by atoms with van der Waals surface area (Å²) in [7, 11) is 0. The number of rotatable bonds is 6. The molecule has 136 valence electrons. The lowest BCUT2D eigenvalue weighted by molar-refractivity contribution is -0.130. The van der Waals surface area contributed by atoms with Crippen LogP contribution < -0.4 is 10.6 Å². The lowest BCUT2D eigenvalue weighted by Gasteiger charge is -2.13. The molecule has 0 bridgehead atoms. The molecular formula is C20H18N4O3. The highest BCUT2D eigenvalue weighted by Gasteiger charge is 2.38. The zero-order valence-corrected chi connectivity index (χ0v) is 14.5. The molecule has 1 fully saturated rings. The van der Waals surface area contributed by atoms with Gasteiger partial charge in [0.05, 0.1) is 11.6 Å². The van der Waals surface area contributed by atoms with Crippen LogP contribution in [0, 0.1) is 11.3 Å². The Morgan fingerprint density at radius 2 is 1.93 bits per heavy atom. The minimum Gasteiger partial charge on any atom is -0.326 e. The highest BCUT2D eigenvalue weighted by atomic mass is 16.2. The van der Waals surface area contributed by atoms with Gasteiger partial charge in [0.15, 0.2) is 0 Å². The van der Waals surface area contributed by atoms with E-state index < -0.39 is 23.9 Å². The topological polar surface area (TPSA) is 102 Å².